The Morgan fingerprint density at radius 2 is 2.20 bits per heavy atom. The van der Waals surface area contributed by atoms with Crippen molar-refractivity contribution in [2.45, 2.75) is 20.0 Å². The maximum absolute atomic E-state index is 4.37. The Morgan fingerprint density at radius 3 is 2.87 bits per heavy atom. The Labute approximate surface area is 92.4 Å². The lowest BCUT2D eigenvalue weighted by atomic mass is 10.4. The first-order chi connectivity index (χ1) is 7.34. The lowest BCUT2D eigenvalue weighted by Crippen LogP contribution is -2.13. The molecule has 4 nitrogen and oxygen atoms in total. The van der Waals surface area contributed by atoms with Gasteiger partial charge in [-0.25, -0.2) is 15.0 Å². The van der Waals surface area contributed by atoms with Gasteiger partial charge in [0, 0.05) is 24.7 Å². The van der Waals surface area contributed by atoms with Crippen LogP contribution in [0, 0.1) is 6.92 Å². The minimum atomic E-state index is 0.749. The van der Waals surface area contributed by atoms with E-state index < -0.39 is 0 Å². The van der Waals surface area contributed by atoms with Crippen LogP contribution in [0.15, 0.2) is 24.0 Å². The smallest absolute Gasteiger partial charge is 0.115 e. The van der Waals surface area contributed by atoms with E-state index in [0.29, 0.717) is 0 Å². The SMILES string of the molecule is Cc1nc(CNCc2ccncn2)cs1. The van der Waals surface area contributed by atoms with Gasteiger partial charge in [0.2, 0.25) is 0 Å². The molecular formula is C10H12N4S. The summed E-state index contributed by atoms with van der Waals surface area (Å²) in [5.41, 5.74) is 2.09. The van der Waals surface area contributed by atoms with Crippen LogP contribution < -0.4 is 5.32 Å². The van der Waals surface area contributed by atoms with Crippen LogP contribution in [0.25, 0.3) is 0 Å². The zero-order valence-electron chi connectivity index (χ0n) is 8.47. The molecule has 0 saturated heterocycles. The van der Waals surface area contributed by atoms with Crippen LogP contribution in [-0.2, 0) is 13.1 Å². The molecule has 15 heavy (non-hydrogen) atoms. The summed E-state index contributed by atoms with van der Waals surface area (Å²) in [5, 5.41) is 6.46. The molecule has 1 N–H and O–H groups in total. The van der Waals surface area contributed by atoms with Gasteiger partial charge in [-0.3, -0.25) is 0 Å². The average Bonchev–Trinajstić information content (AvgIpc) is 2.66. The van der Waals surface area contributed by atoms with Crippen molar-refractivity contribution in [2.75, 3.05) is 0 Å². The van der Waals surface area contributed by atoms with E-state index in [9.17, 15) is 0 Å². The van der Waals surface area contributed by atoms with Gasteiger partial charge in [-0.2, -0.15) is 0 Å². The highest BCUT2D eigenvalue weighted by Gasteiger charge is 1.98. The fourth-order valence-electron chi connectivity index (χ4n) is 1.23. The van der Waals surface area contributed by atoms with E-state index in [1.165, 1.54) is 0 Å². The molecule has 0 aromatic carbocycles. The minimum Gasteiger partial charge on any atom is -0.305 e. The van der Waals surface area contributed by atoms with Crippen LogP contribution in [0.2, 0.25) is 0 Å². The van der Waals surface area contributed by atoms with Gasteiger partial charge in [0.25, 0.3) is 0 Å². The molecule has 0 amide bonds. The summed E-state index contributed by atoms with van der Waals surface area (Å²) in [6, 6.07) is 1.90. The highest BCUT2D eigenvalue weighted by molar-refractivity contribution is 7.09. The number of nitrogens with one attached hydrogen (secondary N) is 1. The third-order valence-corrected chi connectivity index (χ3v) is 2.74. The highest BCUT2D eigenvalue weighted by atomic mass is 32.1. The van der Waals surface area contributed by atoms with Crippen molar-refractivity contribution in [3.8, 4) is 0 Å². The van der Waals surface area contributed by atoms with E-state index >= 15 is 0 Å². The second-order valence-electron chi connectivity index (χ2n) is 3.16. The molecule has 0 spiro atoms. The fraction of sp³-hybridized carbons (Fsp3) is 0.300. The maximum atomic E-state index is 4.37. The predicted molar refractivity (Wildman–Crippen MR) is 59.4 cm³/mol. The largest absolute Gasteiger partial charge is 0.305 e. The third kappa shape index (κ3) is 3.07. The molecule has 5 heteroatoms. The van der Waals surface area contributed by atoms with E-state index in [4.69, 9.17) is 0 Å². The molecule has 0 radical (unpaired) electrons. The molecule has 0 unspecified atom stereocenters. The van der Waals surface area contributed by atoms with Gasteiger partial charge >= 0.3 is 0 Å². The molecule has 0 aliphatic rings. The van der Waals surface area contributed by atoms with Crippen LogP contribution >= 0.6 is 11.3 Å². The average molecular weight is 220 g/mol. The van der Waals surface area contributed by atoms with Gasteiger partial charge < -0.3 is 5.32 Å². The van der Waals surface area contributed by atoms with Crippen LogP contribution in [-0.4, -0.2) is 15.0 Å². The van der Waals surface area contributed by atoms with E-state index in [0.717, 1.165) is 29.5 Å². The summed E-state index contributed by atoms with van der Waals surface area (Å²) in [6.45, 7) is 3.55. The van der Waals surface area contributed by atoms with Gasteiger partial charge in [0.1, 0.15) is 6.33 Å². The number of nitrogens with zero attached hydrogens (tertiary/aromatic N) is 3. The summed E-state index contributed by atoms with van der Waals surface area (Å²) < 4.78 is 0. The minimum absolute atomic E-state index is 0.749. The number of thiazole rings is 1. The maximum Gasteiger partial charge on any atom is 0.115 e. The summed E-state index contributed by atoms with van der Waals surface area (Å²) in [5.74, 6) is 0. The van der Waals surface area contributed by atoms with E-state index in [1.54, 1.807) is 23.9 Å². The quantitative estimate of drug-likeness (QED) is 0.849. The van der Waals surface area contributed by atoms with Crippen molar-refractivity contribution in [3.05, 3.63) is 40.4 Å². The van der Waals surface area contributed by atoms with Crippen molar-refractivity contribution in [2.24, 2.45) is 0 Å². The summed E-state index contributed by atoms with van der Waals surface area (Å²) in [7, 11) is 0. The Hall–Kier alpha value is -1.33. The van der Waals surface area contributed by atoms with Crippen molar-refractivity contribution < 1.29 is 0 Å². The first kappa shape index (κ1) is 10.2. The van der Waals surface area contributed by atoms with E-state index in [1.807, 2.05) is 13.0 Å². The lowest BCUT2D eigenvalue weighted by molar-refractivity contribution is 0.667. The number of aryl methyl sites for hydroxylation is 1. The van der Waals surface area contributed by atoms with Crippen molar-refractivity contribution in [3.63, 3.8) is 0 Å². The molecule has 0 bridgehead atoms. The third-order valence-electron chi connectivity index (χ3n) is 1.92. The number of hydrogen-bond acceptors (Lipinski definition) is 5. The predicted octanol–water partition coefficient (Wildman–Crippen LogP) is 1.53. The molecule has 0 aliphatic carbocycles. The number of aromatic nitrogens is 3. The molecule has 0 atom stereocenters. The van der Waals surface area contributed by atoms with Crippen LogP contribution in [0.3, 0.4) is 0 Å². The Bertz CT molecular complexity index is 412. The van der Waals surface area contributed by atoms with Gasteiger partial charge in [-0.05, 0) is 13.0 Å². The summed E-state index contributed by atoms with van der Waals surface area (Å²) in [6.07, 6.45) is 3.31. The Morgan fingerprint density at radius 1 is 1.33 bits per heavy atom. The monoisotopic (exact) mass is 220 g/mol. The second kappa shape index (κ2) is 4.95. The molecule has 2 aromatic heterocycles. The second-order valence-corrected chi connectivity index (χ2v) is 4.22. The Balaban J connectivity index is 1.80. The lowest BCUT2D eigenvalue weighted by Gasteiger charge is -2.00. The molecule has 0 aliphatic heterocycles. The first-order valence-electron chi connectivity index (χ1n) is 4.71. The molecule has 2 heterocycles. The van der Waals surface area contributed by atoms with E-state index in [2.05, 4.69) is 25.6 Å². The standard InChI is InChI=1S/C10H12N4S/c1-8-14-10(6-15-8)5-12-4-9-2-3-11-7-13-9/h2-3,6-7,12H,4-5H2,1H3. The number of hydrogen-bond donors (Lipinski definition) is 1. The zero-order chi connectivity index (χ0) is 10.5. The normalized spacial score (nSPS) is 10.5. The topological polar surface area (TPSA) is 50.7 Å². The van der Waals surface area contributed by atoms with Crippen molar-refractivity contribution in [1.82, 2.24) is 20.3 Å². The van der Waals surface area contributed by atoms with Crippen LogP contribution in [0.5, 0.6) is 0 Å². The van der Waals surface area contributed by atoms with Crippen LogP contribution in [0.4, 0.5) is 0 Å². The Kier molecular flexibility index (Phi) is 3.37. The fourth-order valence-corrected chi connectivity index (χ4v) is 1.84. The molecular weight excluding hydrogens is 208 g/mol. The van der Waals surface area contributed by atoms with Gasteiger partial charge in [-0.15, -0.1) is 11.3 Å². The van der Waals surface area contributed by atoms with Gasteiger partial charge in [0.15, 0.2) is 0 Å². The first-order valence-corrected chi connectivity index (χ1v) is 5.59. The zero-order valence-corrected chi connectivity index (χ0v) is 9.29. The molecule has 78 valence electrons. The summed E-state index contributed by atoms with van der Waals surface area (Å²) in [4.78, 5) is 12.4. The summed E-state index contributed by atoms with van der Waals surface area (Å²) >= 11 is 1.67. The van der Waals surface area contributed by atoms with Crippen molar-refractivity contribution in [1.29, 1.82) is 0 Å². The van der Waals surface area contributed by atoms with Crippen molar-refractivity contribution >= 4 is 11.3 Å². The number of rotatable bonds is 4. The molecule has 2 aromatic rings. The molecule has 0 saturated carbocycles. The molecule has 2 rings (SSSR count). The van der Waals surface area contributed by atoms with Crippen LogP contribution in [0.1, 0.15) is 16.4 Å². The molecule has 0 fully saturated rings. The van der Waals surface area contributed by atoms with E-state index in [-0.39, 0.29) is 0 Å². The van der Waals surface area contributed by atoms with Gasteiger partial charge in [0.05, 0.1) is 16.4 Å². The highest BCUT2D eigenvalue weighted by Crippen LogP contribution is 2.07. The van der Waals surface area contributed by atoms with Gasteiger partial charge in [-0.1, -0.05) is 0 Å².